The van der Waals surface area contributed by atoms with Crippen molar-refractivity contribution in [3.8, 4) is 11.5 Å². The quantitative estimate of drug-likeness (QED) is 0.273. The molecular formula is C25H37IN4O3. The number of aryl methyl sites for hydroxylation is 1. The van der Waals surface area contributed by atoms with Crippen LogP contribution >= 0.6 is 24.0 Å². The van der Waals surface area contributed by atoms with E-state index in [1.54, 1.807) is 14.2 Å². The summed E-state index contributed by atoms with van der Waals surface area (Å²) in [6.45, 7) is 4.82. The Hall–Kier alpha value is -2.04. The highest BCUT2D eigenvalue weighted by Gasteiger charge is 2.19. The molecule has 1 saturated heterocycles. The summed E-state index contributed by atoms with van der Waals surface area (Å²) in [5.41, 5.74) is 3.46. The third-order valence-corrected chi connectivity index (χ3v) is 5.64. The number of ether oxygens (including phenoxy) is 3. The third-order valence-electron chi connectivity index (χ3n) is 5.64. The number of nitrogens with zero attached hydrogens (tertiary/aromatic N) is 2. The van der Waals surface area contributed by atoms with E-state index in [0.717, 1.165) is 36.0 Å². The van der Waals surface area contributed by atoms with Crippen LogP contribution in [-0.2, 0) is 11.3 Å². The summed E-state index contributed by atoms with van der Waals surface area (Å²) in [6, 6.07) is 14.7. The number of nitrogens with one attached hydrogen (secondary N) is 2. The molecule has 2 atom stereocenters. The SMILES string of the molecule is CN=C(NCc1ccc(C)cc1OC1CCOC1)NCC(c1cccc(OC)c1)N(C)C.I. The number of likely N-dealkylation sites (N-methyl/N-ethyl adjacent to an activating group) is 1. The van der Waals surface area contributed by atoms with Crippen LogP contribution in [0, 0.1) is 6.92 Å². The number of halogens is 1. The molecule has 0 spiro atoms. The lowest BCUT2D eigenvalue weighted by atomic mass is 10.1. The first-order chi connectivity index (χ1) is 15.5. The average molecular weight is 569 g/mol. The second-order valence-corrected chi connectivity index (χ2v) is 8.28. The minimum absolute atomic E-state index is 0. The van der Waals surface area contributed by atoms with Gasteiger partial charge in [0.2, 0.25) is 0 Å². The predicted octanol–water partition coefficient (Wildman–Crippen LogP) is 3.76. The van der Waals surface area contributed by atoms with Gasteiger partial charge in [0.25, 0.3) is 0 Å². The Morgan fingerprint density at radius 3 is 2.70 bits per heavy atom. The van der Waals surface area contributed by atoms with E-state index in [1.165, 1.54) is 11.1 Å². The van der Waals surface area contributed by atoms with Crippen LogP contribution in [-0.4, -0.2) is 65.0 Å². The fraction of sp³-hybridized carbons (Fsp3) is 0.480. The Morgan fingerprint density at radius 1 is 1.21 bits per heavy atom. The molecule has 182 valence electrons. The molecular weight excluding hydrogens is 531 g/mol. The van der Waals surface area contributed by atoms with E-state index < -0.39 is 0 Å². The van der Waals surface area contributed by atoms with Crippen LogP contribution in [0.3, 0.4) is 0 Å². The molecule has 0 radical (unpaired) electrons. The molecule has 0 aliphatic carbocycles. The zero-order valence-electron chi connectivity index (χ0n) is 20.3. The highest BCUT2D eigenvalue weighted by atomic mass is 127. The van der Waals surface area contributed by atoms with E-state index in [9.17, 15) is 0 Å². The molecule has 33 heavy (non-hydrogen) atoms. The number of hydrogen-bond acceptors (Lipinski definition) is 5. The maximum Gasteiger partial charge on any atom is 0.191 e. The molecule has 1 aliphatic rings. The van der Waals surface area contributed by atoms with E-state index in [0.29, 0.717) is 19.7 Å². The second kappa shape index (κ2) is 13.6. The van der Waals surface area contributed by atoms with Gasteiger partial charge in [-0.3, -0.25) is 4.99 Å². The molecule has 2 aromatic rings. The highest BCUT2D eigenvalue weighted by molar-refractivity contribution is 14.0. The van der Waals surface area contributed by atoms with Gasteiger partial charge >= 0.3 is 0 Å². The summed E-state index contributed by atoms with van der Waals surface area (Å²) in [5.74, 6) is 2.51. The lowest BCUT2D eigenvalue weighted by Gasteiger charge is -2.26. The maximum absolute atomic E-state index is 6.22. The number of hydrogen-bond donors (Lipinski definition) is 2. The first-order valence-corrected chi connectivity index (χ1v) is 11.1. The number of benzene rings is 2. The van der Waals surface area contributed by atoms with Gasteiger partial charge in [0.1, 0.15) is 17.6 Å². The Morgan fingerprint density at radius 2 is 2.03 bits per heavy atom. The molecule has 0 amide bonds. The van der Waals surface area contributed by atoms with Crippen molar-refractivity contribution in [2.45, 2.75) is 32.0 Å². The number of methoxy groups -OCH3 is 1. The average Bonchev–Trinajstić information content (AvgIpc) is 3.30. The molecule has 2 aromatic carbocycles. The fourth-order valence-corrected chi connectivity index (χ4v) is 3.74. The summed E-state index contributed by atoms with van der Waals surface area (Å²) in [7, 11) is 7.62. The molecule has 2 unspecified atom stereocenters. The zero-order chi connectivity index (χ0) is 22.9. The van der Waals surface area contributed by atoms with Crippen molar-refractivity contribution in [1.82, 2.24) is 15.5 Å². The van der Waals surface area contributed by atoms with Crippen molar-refractivity contribution >= 4 is 29.9 Å². The normalized spacial score (nSPS) is 16.8. The van der Waals surface area contributed by atoms with Gasteiger partial charge in [-0.05, 0) is 50.3 Å². The van der Waals surface area contributed by atoms with Gasteiger partial charge in [0, 0.05) is 32.1 Å². The van der Waals surface area contributed by atoms with Gasteiger partial charge in [0.05, 0.1) is 26.4 Å². The number of rotatable bonds is 9. The monoisotopic (exact) mass is 568 g/mol. The molecule has 3 rings (SSSR count). The van der Waals surface area contributed by atoms with Crippen molar-refractivity contribution in [2.75, 3.05) is 48.0 Å². The molecule has 1 aliphatic heterocycles. The van der Waals surface area contributed by atoms with E-state index in [2.05, 4.69) is 71.9 Å². The lowest BCUT2D eigenvalue weighted by Crippen LogP contribution is -2.41. The summed E-state index contributed by atoms with van der Waals surface area (Å²) in [6.07, 6.45) is 1.05. The van der Waals surface area contributed by atoms with E-state index in [-0.39, 0.29) is 36.1 Å². The minimum Gasteiger partial charge on any atom is -0.497 e. The smallest absolute Gasteiger partial charge is 0.191 e. The largest absolute Gasteiger partial charge is 0.497 e. The molecule has 0 saturated carbocycles. The highest BCUT2D eigenvalue weighted by Crippen LogP contribution is 2.24. The Labute approximate surface area is 214 Å². The second-order valence-electron chi connectivity index (χ2n) is 8.28. The summed E-state index contributed by atoms with van der Waals surface area (Å²) >= 11 is 0. The Balaban J connectivity index is 0.00000385. The molecule has 7 nitrogen and oxygen atoms in total. The van der Waals surface area contributed by atoms with Crippen molar-refractivity contribution in [1.29, 1.82) is 0 Å². The first-order valence-electron chi connectivity index (χ1n) is 11.1. The van der Waals surface area contributed by atoms with Crippen molar-refractivity contribution in [3.05, 3.63) is 59.2 Å². The number of guanidine groups is 1. The molecule has 8 heteroatoms. The van der Waals surface area contributed by atoms with Gasteiger partial charge in [0.15, 0.2) is 5.96 Å². The van der Waals surface area contributed by atoms with Crippen LogP contribution in [0.15, 0.2) is 47.5 Å². The standard InChI is InChI=1S/C25H36N4O3.HI/c1-18-9-10-20(24(13-18)32-22-11-12-31-17-22)15-27-25(26-2)28-16-23(29(3)4)19-7-6-8-21(14-19)30-5;/h6-10,13-14,22-23H,11-12,15-17H2,1-5H3,(H2,26,27,28);1H. The van der Waals surface area contributed by atoms with Crippen molar-refractivity contribution in [2.24, 2.45) is 4.99 Å². The van der Waals surface area contributed by atoms with Crippen molar-refractivity contribution < 1.29 is 14.2 Å². The van der Waals surface area contributed by atoms with E-state index in [4.69, 9.17) is 14.2 Å². The van der Waals surface area contributed by atoms with Crippen LogP contribution in [0.5, 0.6) is 11.5 Å². The minimum atomic E-state index is 0. The lowest BCUT2D eigenvalue weighted by molar-refractivity contribution is 0.140. The van der Waals surface area contributed by atoms with Crippen molar-refractivity contribution in [3.63, 3.8) is 0 Å². The topological polar surface area (TPSA) is 67.4 Å². The van der Waals surface area contributed by atoms with Gasteiger partial charge in [-0.1, -0.05) is 24.3 Å². The van der Waals surface area contributed by atoms with Gasteiger partial charge < -0.3 is 29.7 Å². The summed E-state index contributed by atoms with van der Waals surface area (Å²) in [4.78, 5) is 6.59. The third kappa shape index (κ3) is 8.04. The summed E-state index contributed by atoms with van der Waals surface area (Å²) in [5, 5.41) is 6.88. The molecule has 0 aromatic heterocycles. The predicted molar refractivity (Wildman–Crippen MR) is 144 cm³/mol. The Bertz CT molecular complexity index is 901. The fourth-order valence-electron chi connectivity index (χ4n) is 3.74. The Kier molecular flexibility index (Phi) is 11.2. The van der Waals surface area contributed by atoms with Crippen LogP contribution < -0.4 is 20.1 Å². The molecule has 2 N–H and O–H groups in total. The van der Waals surface area contributed by atoms with E-state index in [1.807, 2.05) is 12.1 Å². The maximum atomic E-state index is 6.22. The molecule has 1 fully saturated rings. The molecule has 1 heterocycles. The van der Waals surface area contributed by atoms with Gasteiger partial charge in [-0.25, -0.2) is 0 Å². The van der Waals surface area contributed by atoms with Crippen LogP contribution in [0.1, 0.15) is 29.2 Å². The molecule has 0 bridgehead atoms. The van der Waals surface area contributed by atoms with Gasteiger partial charge in [-0.2, -0.15) is 0 Å². The first kappa shape index (κ1) is 27.2. The van der Waals surface area contributed by atoms with Crippen LogP contribution in [0.2, 0.25) is 0 Å². The van der Waals surface area contributed by atoms with Gasteiger partial charge in [-0.15, -0.1) is 24.0 Å². The van der Waals surface area contributed by atoms with Crippen LogP contribution in [0.4, 0.5) is 0 Å². The van der Waals surface area contributed by atoms with Crippen LogP contribution in [0.25, 0.3) is 0 Å². The summed E-state index contributed by atoms with van der Waals surface area (Å²) < 4.78 is 17.1. The number of aliphatic imine (C=N–C) groups is 1. The zero-order valence-corrected chi connectivity index (χ0v) is 22.6. The van der Waals surface area contributed by atoms with E-state index >= 15 is 0 Å².